The van der Waals surface area contributed by atoms with Crippen LogP contribution >= 0.6 is 22.6 Å². The topological polar surface area (TPSA) is 101 Å². The maximum Gasteiger partial charge on any atom is 0.312 e. The number of halogens is 2. The zero-order valence-corrected chi connectivity index (χ0v) is 31.2. The van der Waals surface area contributed by atoms with E-state index in [4.69, 9.17) is 24.9 Å². The molecule has 0 aliphatic carbocycles. The number of imidazole rings is 1. The largest absolute Gasteiger partial charge is 0.462 e. The van der Waals surface area contributed by atoms with Gasteiger partial charge in [-0.25, -0.2) is 4.98 Å². The van der Waals surface area contributed by atoms with Crippen molar-refractivity contribution in [3.8, 4) is 0 Å². The Kier molecular flexibility index (Phi) is 10.8. The molecule has 266 valence electrons. The molecule has 11 heteroatoms. The van der Waals surface area contributed by atoms with Crippen LogP contribution in [0.2, 0.25) is 0 Å². The molecule has 2 N–H and O–H groups in total. The number of hydrogen-bond acceptors (Lipinski definition) is 8. The summed E-state index contributed by atoms with van der Waals surface area (Å²) in [6, 6.07) is 39.3. The van der Waals surface area contributed by atoms with Gasteiger partial charge in [0, 0.05) is 29.2 Å². The number of allylic oxidation sites excluding steroid dienone is 1. The Morgan fingerprint density at radius 2 is 1.44 bits per heavy atom. The third-order valence-electron chi connectivity index (χ3n) is 9.46. The summed E-state index contributed by atoms with van der Waals surface area (Å²) in [6.07, 6.45) is 0.708. The maximum atomic E-state index is 14.8. The van der Waals surface area contributed by atoms with E-state index in [0.717, 1.165) is 25.8 Å². The molecule has 0 bridgehead atoms. The van der Waals surface area contributed by atoms with E-state index in [0.29, 0.717) is 49.0 Å². The molecule has 7 rings (SSSR count). The molecule has 6 aromatic rings. The Bertz CT molecular complexity index is 2050. The molecule has 1 aliphatic rings. The van der Waals surface area contributed by atoms with Crippen LogP contribution in [0.15, 0.2) is 127 Å². The van der Waals surface area contributed by atoms with Gasteiger partial charge in [0.05, 0.1) is 6.61 Å². The molecule has 0 saturated heterocycles. The van der Waals surface area contributed by atoms with Crippen LogP contribution in [0.1, 0.15) is 47.8 Å². The van der Waals surface area contributed by atoms with E-state index >= 15 is 0 Å². The number of ether oxygens (including phenoxy) is 3. The molecule has 52 heavy (non-hydrogen) atoms. The lowest BCUT2D eigenvalue weighted by Crippen LogP contribution is -2.40. The highest BCUT2D eigenvalue weighted by atomic mass is 127. The standard InChI is InChI=1S/C41H40FIN6O3/c1-28(2)48(24-25-52-41(29-14-6-3-7-15-29,30-16-8-4-9-17-30)31-18-10-5-11-19-31)22-23-49-38(45-36-37(44)46-40(42)47-39(36)49)35(34-26-50-27-51-34)32-20-12-13-21-33(32)43/h3-21,26,28,35H,22-25,27H2,1-2H3,(H2,44,46,47). The van der Waals surface area contributed by atoms with Crippen molar-refractivity contribution in [2.45, 2.75) is 38.0 Å². The molecule has 1 atom stereocenters. The van der Waals surface area contributed by atoms with E-state index in [1.54, 1.807) is 6.26 Å². The van der Waals surface area contributed by atoms with E-state index < -0.39 is 17.6 Å². The first-order valence-corrected chi connectivity index (χ1v) is 18.4. The Labute approximate surface area is 316 Å². The number of fused-ring (bicyclic) bond motifs is 1. The van der Waals surface area contributed by atoms with Crippen LogP contribution in [-0.2, 0) is 26.4 Å². The fourth-order valence-electron chi connectivity index (χ4n) is 6.93. The van der Waals surface area contributed by atoms with Crippen LogP contribution in [0.25, 0.3) is 11.2 Å². The lowest BCUT2D eigenvalue weighted by atomic mass is 9.80. The van der Waals surface area contributed by atoms with Gasteiger partial charge in [0.2, 0.25) is 6.79 Å². The second-order valence-corrected chi connectivity index (χ2v) is 14.0. The second kappa shape index (κ2) is 15.8. The van der Waals surface area contributed by atoms with Crippen molar-refractivity contribution < 1.29 is 18.6 Å². The van der Waals surface area contributed by atoms with Crippen LogP contribution in [0.5, 0.6) is 0 Å². The smallest absolute Gasteiger partial charge is 0.312 e. The summed E-state index contributed by atoms with van der Waals surface area (Å²) in [5.74, 6) is 0.737. The highest BCUT2D eigenvalue weighted by Gasteiger charge is 2.38. The monoisotopic (exact) mass is 810 g/mol. The van der Waals surface area contributed by atoms with Gasteiger partial charge in [-0.3, -0.25) is 4.90 Å². The van der Waals surface area contributed by atoms with E-state index in [9.17, 15) is 4.39 Å². The lowest BCUT2D eigenvalue weighted by Gasteiger charge is -2.37. The molecule has 0 amide bonds. The van der Waals surface area contributed by atoms with Gasteiger partial charge in [-0.05, 0) is 64.8 Å². The quantitative estimate of drug-likeness (QED) is 0.0675. The first kappa shape index (κ1) is 35.5. The molecule has 0 fully saturated rings. The number of nitrogens with two attached hydrogens (primary N) is 1. The molecule has 4 aromatic carbocycles. The van der Waals surface area contributed by atoms with Crippen LogP contribution in [0, 0.1) is 9.65 Å². The van der Waals surface area contributed by atoms with Crippen molar-refractivity contribution in [2.75, 3.05) is 32.2 Å². The van der Waals surface area contributed by atoms with Gasteiger partial charge in [0.1, 0.15) is 29.4 Å². The maximum absolute atomic E-state index is 14.8. The highest BCUT2D eigenvalue weighted by Crippen LogP contribution is 2.41. The number of rotatable bonds is 14. The van der Waals surface area contributed by atoms with Crippen molar-refractivity contribution in [3.05, 3.63) is 165 Å². The van der Waals surface area contributed by atoms with E-state index in [1.165, 1.54) is 0 Å². The zero-order chi connectivity index (χ0) is 36.1. The van der Waals surface area contributed by atoms with Crippen molar-refractivity contribution in [2.24, 2.45) is 0 Å². The van der Waals surface area contributed by atoms with Gasteiger partial charge < -0.3 is 24.5 Å². The fourth-order valence-corrected chi connectivity index (χ4v) is 7.62. The summed E-state index contributed by atoms with van der Waals surface area (Å²) < 4.78 is 36.3. The zero-order valence-electron chi connectivity index (χ0n) is 29.0. The molecular formula is C41H40FIN6O3. The number of benzene rings is 4. The predicted molar refractivity (Wildman–Crippen MR) is 208 cm³/mol. The number of nitrogen functional groups attached to an aromatic ring is 1. The normalized spacial score (nSPS) is 13.7. The molecule has 3 heterocycles. The Balaban J connectivity index is 1.22. The minimum Gasteiger partial charge on any atom is -0.462 e. The van der Waals surface area contributed by atoms with Gasteiger partial charge in [-0.1, -0.05) is 109 Å². The summed E-state index contributed by atoms with van der Waals surface area (Å²) >= 11 is 2.31. The van der Waals surface area contributed by atoms with Crippen LogP contribution in [0.3, 0.4) is 0 Å². The number of hydrogen-bond donors (Lipinski definition) is 1. The molecule has 1 unspecified atom stereocenters. The third-order valence-corrected chi connectivity index (χ3v) is 10.4. The number of nitrogens with zero attached hydrogens (tertiary/aromatic N) is 5. The fraction of sp³-hybridized carbons (Fsp3) is 0.244. The average Bonchev–Trinajstić information content (AvgIpc) is 3.82. The Hall–Kier alpha value is -4.85. The van der Waals surface area contributed by atoms with Gasteiger partial charge in [-0.15, -0.1) is 0 Å². The minimum absolute atomic E-state index is 0.0187. The summed E-state index contributed by atoms with van der Waals surface area (Å²) in [4.78, 5) is 15.3. The van der Waals surface area contributed by atoms with Gasteiger partial charge >= 0.3 is 6.08 Å². The Morgan fingerprint density at radius 3 is 2.00 bits per heavy atom. The van der Waals surface area contributed by atoms with Gasteiger partial charge in [0.15, 0.2) is 17.0 Å². The van der Waals surface area contributed by atoms with E-state index in [2.05, 4.69) is 124 Å². The van der Waals surface area contributed by atoms with Gasteiger partial charge in [-0.2, -0.15) is 14.4 Å². The molecule has 9 nitrogen and oxygen atoms in total. The summed E-state index contributed by atoms with van der Waals surface area (Å²) in [5, 5.41) is 0. The van der Waals surface area contributed by atoms with Crippen molar-refractivity contribution >= 4 is 39.6 Å². The first-order valence-electron chi connectivity index (χ1n) is 17.3. The second-order valence-electron chi connectivity index (χ2n) is 12.8. The van der Waals surface area contributed by atoms with Gasteiger partial charge in [0.25, 0.3) is 0 Å². The van der Waals surface area contributed by atoms with Crippen molar-refractivity contribution in [1.82, 2.24) is 24.4 Å². The lowest BCUT2D eigenvalue weighted by molar-refractivity contribution is -0.00309. The van der Waals surface area contributed by atoms with Crippen LogP contribution < -0.4 is 5.73 Å². The molecule has 2 aromatic heterocycles. The minimum atomic E-state index is -0.906. The highest BCUT2D eigenvalue weighted by molar-refractivity contribution is 14.1. The molecule has 0 saturated carbocycles. The van der Waals surface area contributed by atoms with Crippen molar-refractivity contribution in [3.63, 3.8) is 0 Å². The van der Waals surface area contributed by atoms with E-state index in [1.807, 2.05) is 47.0 Å². The average molecular weight is 811 g/mol. The molecule has 1 aliphatic heterocycles. The number of aromatic nitrogens is 4. The van der Waals surface area contributed by atoms with Crippen molar-refractivity contribution in [1.29, 1.82) is 0 Å². The third kappa shape index (κ3) is 7.12. The van der Waals surface area contributed by atoms with Crippen LogP contribution in [0.4, 0.5) is 10.2 Å². The SMILES string of the molecule is CC(C)N(CCOC(c1ccccc1)(c1ccccc1)c1ccccc1)CCn1c(C(C2=COCO2)c2ccccc2I)nc2c(N)nc(F)nc21. The van der Waals surface area contributed by atoms with Crippen LogP contribution in [-0.4, -0.2) is 57.0 Å². The summed E-state index contributed by atoms with van der Waals surface area (Å²) in [7, 11) is 0. The summed E-state index contributed by atoms with van der Waals surface area (Å²) in [5.41, 5.74) is 10.2. The molecule has 0 spiro atoms. The number of anilines is 1. The first-order chi connectivity index (χ1) is 25.4. The predicted octanol–water partition coefficient (Wildman–Crippen LogP) is 7.85. The Morgan fingerprint density at radius 1 is 0.846 bits per heavy atom. The van der Waals surface area contributed by atoms with E-state index in [-0.39, 0.29) is 18.7 Å². The summed E-state index contributed by atoms with van der Waals surface area (Å²) in [6.45, 7) is 6.51. The molecule has 0 radical (unpaired) electrons. The molecular weight excluding hydrogens is 770 g/mol.